The number of benzene rings is 1. The summed E-state index contributed by atoms with van der Waals surface area (Å²) in [6.45, 7) is 4.24. The molecule has 0 N–H and O–H groups in total. The van der Waals surface area contributed by atoms with Crippen LogP contribution in [-0.2, 0) is 4.84 Å². The Hall–Kier alpha value is -0.770. The Kier molecular flexibility index (Phi) is 3.46. The van der Waals surface area contributed by atoms with Crippen molar-refractivity contribution in [1.29, 1.82) is 0 Å². The highest BCUT2D eigenvalue weighted by Gasteiger charge is 2.45. The zero-order valence-electron chi connectivity index (χ0n) is 10.7. The molecule has 3 rings (SSSR count). The molecule has 0 amide bonds. The Morgan fingerprint density at radius 3 is 2.89 bits per heavy atom. The zero-order chi connectivity index (χ0) is 12.5. The van der Waals surface area contributed by atoms with Crippen molar-refractivity contribution in [2.45, 2.75) is 36.3 Å². The Balaban J connectivity index is 1.70. The molecule has 0 spiro atoms. The van der Waals surface area contributed by atoms with E-state index in [1.807, 2.05) is 6.07 Å². The van der Waals surface area contributed by atoms with Gasteiger partial charge in [0.1, 0.15) is 6.10 Å². The van der Waals surface area contributed by atoms with Crippen molar-refractivity contribution in [1.82, 2.24) is 5.06 Å². The molecule has 2 fully saturated rings. The normalized spacial score (nSPS) is 31.5. The highest BCUT2D eigenvalue weighted by Crippen LogP contribution is 2.44. The van der Waals surface area contributed by atoms with Gasteiger partial charge in [0, 0.05) is 28.8 Å². The number of hydrogen-bond donors (Lipinski definition) is 0. The van der Waals surface area contributed by atoms with Crippen LogP contribution in [0.5, 0.6) is 0 Å². The number of hydroxylamine groups is 2. The summed E-state index contributed by atoms with van der Waals surface area (Å²) in [5, 5.41) is 2.05. The maximum atomic E-state index is 5.98. The molecule has 1 aromatic rings. The van der Waals surface area contributed by atoms with Gasteiger partial charge in [0.2, 0.25) is 0 Å². The second kappa shape index (κ2) is 5.08. The van der Waals surface area contributed by atoms with Gasteiger partial charge in [-0.05, 0) is 25.0 Å². The lowest BCUT2D eigenvalue weighted by atomic mass is 9.98. The van der Waals surface area contributed by atoms with E-state index in [1.54, 1.807) is 11.8 Å². The summed E-state index contributed by atoms with van der Waals surface area (Å²) in [6, 6.07) is 11.0. The highest BCUT2D eigenvalue weighted by atomic mass is 32.2. The lowest BCUT2D eigenvalue weighted by molar-refractivity contribution is -0.133. The fourth-order valence-electron chi connectivity index (χ4n) is 3.10. The van der Waals surface area contributed by atoms with Crippen LogP contribution in [0.15, 0.2) is 46.7 Å². The van der Waals surface area contributed by atoms with Gasteiger partial charge in [-0.15, -0.1) is 0 Å². The second-order valence-corrected chi connectivity index (χ2v) is 6.32. The van der Waals surface area contributed by atoms with Crippen molar-refractivity contribution < 1.29 is 4.84 Å². The average molecular weight is 261 g/mol. The molecule has 3 heteroatoms. The molecule has 0 radical (unpaired) electrons. The number of nitrogens with zero attached hydrogens (tertiary/aromatic N) is 1. The molecule has 96 valence electrons. The lowest BCUT2D eigenvalue weighted by Crippen LogP contribution is -2.24. The van der Waals surface area contributed by atoms with Crippen molar-refractivity contribution in [3.63, 3.8) is 0 Å². The summed E-state index contributed by atoms with van der Waals surface area (Å²) in [5.74, 6) is 0.638. The summed E-state index contributed by atoms with van der Waals surface area (Å²) >= 11 is 1.75. The van der Waals surface area contributed by atoms with Gasteiger partial charge in [-0.1, -0.05) is 43.0 Å². The summed E-state index contributed by atoms with van der Waals surface area (Å²) in [4.78, 5) is 8.36. The number of fused-ring (bicyclic) bond motifs is 1. The third kappa shape index (κ3) is 2.22. The van der Waals surface area contributed by atoms with Crippen LogP contribution in [0, 0.1) is 5.92 Å². The van der Waals surface area contributed by atoms with Crippen molar-refractivity contribution in [2.75, 3.05) is 7.05 Å². The first-order chi connectivity index (χ1) is 8.75. The highest BCUT2D eigenvalue weighted by molar-refractivity contribution is 8.03. The van der Waals surface area contributed by atoms with Crippen molar-refractivity contribution in [3.05, 3.63) is 41.8 Å². The number of thioether (sulfide) groups is 1. The van der Waals surface area contributed by atoms with Gasteiger partial charge in [-0.3, -0.25) is 4.84 Å². The monoisotopic (exact) mass is 261 g/mol. The molecule has 0 bridgehead atoms. The minimum atomic E-state index is 0.188. The Morgan fingerprint density at radius 2 is 2.11 bits per heavy atom. The molecule has 2 aliphatic rings. The van der Waals surface area contributed by atoms with Gasteiger partial charge in [-0.25, -0.2) is 0 Å². The molecule has 1 aliphatic heterocycles. The van der Waals surface area contributed by atoms with Crippen LogP contribution in [0.3, 0.4) is 0 Å². The number of rotatable bonds is 3. The van der Waals surface area contributed by atoms with E-state index in [0.717, 1.165) is 4.91 Å². The summed E-state index contributed by atoms with van der Waals surface area (Å²) in [5.41, 5.74) is 0. The molecule has 1 saturated heterocycles. The molecule has 2 nitrogen and oxygen atoms in total. The fourth-order valence-corrected chi connectivity index (χ4v) is 4.03. The molecule has 0 unspecified atom stereocenters. The van der Waals surface area contributed by atoms with Gasteiger partial charge in [-0.2, -0.15) is 5.06 Å². The second-order valence-electron chi connectivity index (χ2n) is 5.12. The van der Waals surface area contributed by atoms with Crippen LogP contribution in [0.2, 0.25) is 0 Å². The van der Waals surface area contributed by atoms with E-state index in [1.165, 1.54) is 24.2 Å². The zero-order valence-corrected chi connectivity index (χ0v) is 11.5. The Bertz CT molecular complexity index is 433. The van der Waals surface area contributed by atoms with E-state index in [-0.39, 0.29) is 6.10 Å². The van der Waals surface area contributed by atoms with Crippen LogP contribution in [0.4, 0.5) is 0 Å². The SMILES string of the molecule is C=C(Sc1ccccc1)[C@H]1ON(C)[C@@H]2CCC[C@H]12. The first kappa shape index (κ1) is 12.3. The molecule has 1 aliphatic carbocycles. The van der Waals surface area contributed by atoms with Crippen molar-refractivity contribution in [2.24, 2.45) is 5.92 Å². The first-order valence-corrected chi connectivity index (χ1v) is 7.38. The van der Waals surface area contributed by atoms with E-state index < -0.39 is 0 Å². The molecule has 3 atom stereocenters. The maximum absolute atomic E-state index is 5.98. The maximum Gasteiger partial charge on any atom is 0.114 e. The lowest BCUT2D eigenvalue weighted by Gasteiger charge is -2.17. The van der Waals surface area contributed by atoms with Crippen molar-refractivity contribution in [3.8, 4) is 0 Å². The van der Waals surface area contributed by atoms with E-state index >= 15 is 0 Å². The summed E-state index contributed by atoms with van der Waals surface area (Å²) in [7, 11) is 2.06. The molecule has 18 heavy (non-hydrogen) atoms. The Labute approximate surface area is 113 Å². The molecular weight excluding hydrogens is 242 g/mol. The van der Waals surface area contributed by atoms with Gasteiger partial charge in [0.15, 0.2) is 0 Å². The number of hydrogen-bond acceptors (Lipinski definition) is 3. The third-order valence-electron chi connectivity index (χ3n) is 3.98. The Morgan fingerprint density at radius 1 is 1.33 bits per heavy atom. The van der Waals surface area contributed by atoms with Gasteiger partial charge < -0.3 is 0 Å². The summed E-state index contributed by atoms with van der Waals surface area (Å²) in [6.07, 6.45) is 4.05. The van der Waals surface area contributed by atoms with E-state index in [2.05, 4.69) is 43.0 Å². The third-order valence-corrected chi connectivity index (χ3v) is 4.98. The van der Waals surface area contributed by atoms with Crippen LogP contribution < -0.4 is 0 Å². The van der Waals surface area contributed by atoms with Crippen molar-refractivity contribution >= 4 is 11.8 Å². The van der Waals surface area contributed by atoms with Crippen LogP contribution in [-0.4, -0.2) is 24.3 Å². The van der Waals surface area contributed by atoms with E-state index in [4.69, 9.17) is 4.84 Å². The quantitative estimate of drug-likeness (QED) is 0.770. The molecule has 1 heterocycles. The van der Waals surface area contributed by atoms with Crippen LogP contribution in [0.25, 0.3) is 0 Å². The van der Waals surface area contributed by atoms with E-state index in [0.29, 0.717) is 12.0 Å². The predicted octanol–water partition coefficient (Wildman–Crippen LogP) is 3.71. The minimum absolute atomic E-state index is 0.188. The predicted molar refractivity (Wildman–Crippen MR) is 75.2 cm³/mol. The van der Waals surface area contributed by atoms with Gasteiger partial charge in [0.25, 0.3) is 0 Å². The minimum Gasteiger partial charge on any atom is -0.290 e. The topological polar surface area (TPSA) is 12.5 Å². The average Bonchev–Trinajstić information content (AvgIpc) is 2.95. The van der Waals surface area contributed by atoms with E-state index in [9.17, 15) is 0 Å². The molecule has 1 aromatic carbocycles. The molecule has 0 aromatic heterocycles. The molecule has 1 saturated carbocycles. The largest absolute Gasteiger partial charge is 0.290 e. The van der Waals surface area contributed by atoms with Crippen LogP contribution in [0.1, 0.15) is 19.3 Å². The van der Waals surface area contributed by atoms with Crippen LogP contribution >= 0.6 is 11.8 Å². The first-order valence-electron chi connectivity index (χ1n) is 6.57. The smallest absolute Gasteiger partial charge is 0.114 e. The summed E-state index contributed by atoms with van der Waals surface area (Å²) < 4.78 is 0. The fraction of sp³-hybridized carbons (Fsp3) is 0.467. The molecular formula is C15H19NOS. The van der Waals surface area contributed by atoms with Gasteiger partial charge >= 0.3 is 0 Å². The van der Waals surface area contributed by atoms with Gasteiger partial charge in [0.05, 0.1) is 0 Å². The standard InChI is InChI=1S/C15H19NOS/c1-11(18-12-7-4-3-5-8-12)15-13-9-6-10-14(13)16(2)17-15/h3-5,7-8,13-15H,1,6,9-10H2,2H3/t13-,14+,15+/m0/s1.